The molecule has 11 heteroatoms. The second-order valence-electron chi connectivity index (χ2n) is 12.0. The zero-order chi connectivity index (χ0) is 32.1. The number of anilines is 1. The van der Waals surface area contributed by atoms with E-state index in [4.69, 9.17) is 4.74 Å². The number of carbonyl (C=O) groups is 4. The molecule has 0 bridgehead atoms. The molecule has 4 aromatic rings. The first-order chi connectivity index (χ1) is 20.7. The van der Waals surface area contributed by atoms with Crippen LogP contribution < -0.4 is 16.0 Å². The van der Waals surface area contributed by atoms with Gasteiger partial charge in [-0.1, -0.05) is 72.8 Å². The van der Waals surface area contributed by atoms with Crippen molar-refractivity contribution in [1.29, 1.82) is 0 Å². The van der Waals surface area contributed by atoms with Crippen LogP contribution in [0.25, 0.3) is 10.8 Å². The first-order valence-corrected chi connectivity index (χ1v) is 14.1. The lowest BCUT2D eigenvalue weighted by atomic mass is 9.99. The molecule has 4 rings (SSSR count). The third-order valence-electron chi connectivity index (χ3n) is 6.76. The minimum absolute atomic E-state index is 0.112. The Balaban J connectivity index is 1.56. The summed E-state index contributed by atoms with van der Waals surface area (Å²) in [6.45, 7) is 8.15. The second kappa shape index (κ2) is 13.0. The van der Waals surface area contributed by atoms with Crippen LogP contribution >= 0.6 is 0 Å². The fourth-order valence-electron chi connectivity index (χ4n) is 4.60. The number of carboxylic acids is 1. The van der Waals surface area contributed by atoms with E-state index >= 15 is 0 Å². The van der Waals surface area contributed by atoms with Crippen molar-refractivity contribution < 1.29 is 29.0 Å². The maximum atomic E-state index is 13.6. The summed E-state index contributed by atoms with van der Waals surface area (Å²) in [7, 11) is 0. The summed E-state index contributed by atoms with van der Waals surface area (Å²) in [6, 6.07) is 20.1. The number of nitrogens with zero attached hydrogens (tertiary/aromatic N) is 2. The van der Waals surface area contributed by atoms with Crippen molar-refractivity contribution in [3.8, 4) is 0 Å². The number of amides is 3. The summed E-state index contributed by atoms with van der Waals surface area (Å²) in [5, 5.41) is 19.9. The number of nitrogens with one attached hydrogen (secondary N) is 3. The van der Waals surface area contributed by atoms with Gasteiger partial charge >= 0.3 is 12.1 Å². The number of rotatable bonds is 10. The molecule has 4 N–H and O–H groups in total. The average Bonchev–Trinajstić information content (AvgIpc) is 3.39. The Kier molecular flexibility index (Phi) is 9.37. The van der Waals surface area contributed by atoms with Crippen LogP contribution in [0.15, 0.2) is 85.3 Å². The molecule has 0 saturated carbocycles. The van der Waals surface area contributed by atoms with Gasteiger partial charge in [-0.2, -0.15) is 0 Å². The predicted molar refractivity (Wildman–Crippen MR) is 166 cm³/mol. The SMILES string of the molecule is CC(C)(C)OC(=O)NC(C)(C)C(=O)N[C@H](Cc1ccc2ccccc2c1)C(=O)Nc1cn(C(C(=O)O)c2ccccc2)cn1. The van der Waals surface area contributed by atoms with Gasteiger partial charge in [-0.25, -0.2) is 14.6 Å². The molecule has 2 atom stereocenters. The maximum absolute atomic E-state index is 13.6. The van der Waals surface area contributed by atoms with E-state index in [0.717, 1.165) is 16.3 Å². The van der Waals surface area contributed by atoms with Crippen molar-refractivity contribution in [3.05, 3.63) is 96.4 Å². The van der Waals surface area contributed by atoms with Crippen molar-refractivity contribution in [2.24, 2.45) is 0 Å². The topological polar surface area (TPSA) is 152 Å². The Morgan fingerprint density at radius 2 is 1.57 bits per heavy atom. The van der Waals surface area contributed by atoms with Crippen molar-refractivity contribution in [3.63, 3.8) is 0 Å². The fourth-order valence-corrected chi connectivity index (χ4v) is 4.60. The minimum Gasteiger partial charge on any atom is -0.479 e. The molecule has 3 aromatic carbocycles. The summed E-state index contributed by atoms with van der Waals surface area (Å²) >= 11 is 0. The number of ether oxygens (including phenoxy) is 1. The first kappa shape index (κ1) is 31.7. The van der Waals surface area contributed by atoms with Gasteiger partial charge in [0.05, 0.1) is 6.33 Å². The maximum Gasteiger partial charge on any atom is 0.408 e. The summed E-state index contributed by atoms with van der Waals surface area (Å²) in [5.41, 5.74) is -0.853. The van der Waals surface area contributed by atoms with Gasteiger partial charge in [-0.15, -0.1) is 0 Å². The molecule has 0 aliphatic carbocycles. The third-order valence-corrected chi connectivity index (χ3v) is 6.76. The summed E-state index contributed by atoms with van der Waals surface area (Å²) < 4.78 is 6.69. The Morgan fingerprint density at radius 1 is 0.909 bits per heavy atom. The molecule has 0 saturated heterocycles. The van der Waals surface area contributed by atoms with Gasteiger partial charge in [-0.3, -0.25) is 9.59 Å². The van der Waals surface area contributed by atoms with E-state index < -0.39 is 47.1 Å². The molecule has 1 unspecified atom stereocenters. The Hall–Kier alpha value is -5.19. The van der Waals surface area contributed by atoms with Crippen LogP contribution in [0.4, 0.5) is 10.6 Å². The zero-order valence-electron chi connectivity index (χ0n) is 25.3. The van der Waals surface area contributed by atoms with E-state index in [9.17, 15) is 24.3 Å². The van der Waals surface area contributed by atoms with Gasteiger partial charge in [-0.05, 0) is 56.5 Å². The molecule has 0 aliphatic rings. The monoisotopic (exact) mass is 599 g/mol. The van der Waals surface area contributed by atoms with E-state index in [1.54, 1.807) is 51.1 Å². The van der Waals surface area contributed by atoms with Crippen LogP contribution in [0.1, 0.15) is 51.8 Å². The van der Waals surface area contributed by atoms with E-state index in [0.29, 0.717) is 5.56 Å². The van der Waals surface area contributed by atoms with Gasteiger partial charge in [0, 0.05) is 12.6 Å². The Bertz CT molecular complexity index is 1660. The molecule has 0 fully saturated rings. The molecule has 3 amide bonds. The largest absolute Gasteiger partial charge is 0.479 e. The van der Waals surface area contributed by atoms with Crippen LogP contribution in [0.5, 0.6) is 0 Å². The highest BCUT2D eigenvalue weighted by atomic mass is 16.6. The predicted octanol–water partition coefficient (Wildman–Crippen LogP) is 4.68. The average molecular weight is 600 g/mol. The fraction of sp³-hybridized carbons (Fsp3) is 0.303. The van der Waals surface area contributed by atoms with E-state index in [2.05, 4.69) is 20.9 Å². The number of carbonyl (C=O) groups excluding carboxylic acids is 3. The molecule has 0 spiro atoms. The normalized spacial score (nSPS) is 13.0. The summed E-state index contributed by atoms with van der Waals surface area (Å²) in [5.74, 6) is -2.16. The number of aliphatic carboxylic acids is 1. The zero-order valence-corrected chi connectivity index (χ0v) is 25.3. The van der Waals surface area contributed by atoms with Crippen LogP contribution in [0.2, 0.25) is 0 Å². The number of aromatic nitrogens is 2. The Labute approximate surface area is 255 Å². The van der Waals surface area contributed by atoms with Crippen molar-refractivity contribution in [1.82, 2.24) is 20.2 Å². The van der Waals surface area contributed by atoms with Gasteiger partial charge in [0.2, 0.25) is 11.8 Å². The van der Waals surface area contributed by atoms with Gasteiger partial charge in [0.15, 0.2) is 11.9 Å². The molecular weight excluding hydrogens is 562 g/mol. The van der Waals surface area contributed by atoms with E-state index in [1.165, 1.54) is 30.9 Å². The molecule has 1 heterocycles. The minimum atomic E-state index is -1.42. The number of hydrogen-bond donors (Lipinski definition) is 4. The lowest BCUT2D eigenvalue weighted by Gasteiger charge is -2.29. The molecule has 0 aliphatic heterocycles. The number of fused-ring (bicyclic) bond motifs is 1. The molecule has 44 heavy (non-hydrogen) atoms. The molecular formula is C33H37N5O6. The summed E-state index contributed by atoms with van der Waals surface area (Å²) in [6.07, 6.45) is 2.11. The standard InChI is InChI=1S/C33H37N5O6/c1-32(2,3)44-31(43)37-33(4,5)30(42)35-25(18-21-15-16-22-11-9-10-14-24(22)17-21)28(39)36-26-19-38(20-34-26)27(29(40)41)23-12-7-6-8-13-23/h6-17,19-20,25,27H,18H2,1-5H3,(H,35,42)(H,36,39)(H,37,43)(H,40,41)/t25-,27?/m1/s1. The lowest BCUT2D eigenvalue weighted by molar-refractivity contribution is -0.139. The summed E-state index contributed by atoms with van der Waals surface area (Å²) in [4.78, 5) is 55.7. The second-order valence-corrected chi connectivity index (χ2v) is 12.0. The smallest absolute Gasteiger partial charge is 0.408 e. The quantitative estimate of drug-likeness (QED) is 0.207. The van der Waals surface area contributed by atoms with Crippen LogP contribution in [-0.4, -0.2) is 55.7 Å². The lowest BCUT2D eigenvalue weighted by Crippen LogP contribution is -2.59. The highest BCUT2D eigenvalue weighted by molar-refractivity contribution is 5.99. The van der Waals surface area contributed by atoms with Gasteiger partial charge in [0.1, 0.15) is 17.2 Å². The van der Waals surface area contributed by atoms with E-state index in [-0.39, 0.29) is 12.2 Å². The number of alkyl carbamates (subject to hydrolysis) is 1. The third kappa shape index (κ3) is 8.21. The first-order valence-electron chi connectivity index (χ1n) is 14.1. The van der Waals surface area contributed by atoms with Gasteiger partial charge in [0.25, 0.3) is 0 Å². The number of imidazole rings is 1. The van der Waals surface area contributed by atoms with Crippen molar-refractivity contribution in [2.45, 2.75) is 64.3 Å². The van der Waals surface area contributed by atoms with Gasteiger partial charge < -0.3 is 30.4 Å². The van der Waals surface area contributed by atoms with Crippen LogP contribution in [-0.2, 0) is 25.5 Å². The number of hydrogen-bond acceptors (Lipinski definition) is 6. The van der Waals surface area contributed by atoms with Crippen molar-refractivity contribution >= 4 is 40.5 Å². The molecule has 230 valence electrons. The van der Waals surface area contributed by atoms with Crippen molar-refractivity contribution in [2.75, 3.05) is 5.32 Å². The van der Waals surface area contributed by atoms with Crippen LogP contribution in [0.3, 0.4) is 0 Å². The highest BCUT2D eigenvalue weighted by Gasteiger charge is 2.35. The van der Waals surface area contributed by atoms with Crippen LogP contribution in [0, 0.1) is 0 Å². The highest BCUT2D eigenvalue weighted by Crippen LogP contribution is 2.21. The molecule has 0 radical (unpaired) electrons. The number of benzene rings is 3. The molecule has 1 aromatic heterocycles. The Morgan fingerprint density at radius 3 is 2.23 bits per heavy atom. The number of carboxylic acid groups (broad SMARTS) is 1. The molecule has 11 nitrogen and oxygen atoms in total. The van der Waals surface area contributed by atoms with E-state index in [1.807, 2.05) is 42.5 Å².